The molecular weight excluding hydrogens is 204 g/mol. The van der Waals surface area contributed by atoms with Gasteiger partial charge in [0.25, 0.3) is 0 Å². The minimum Gasteiger partial charge on any atom is -0.296 e. The van der Waals surface area contributed by atoms with E-state index in [1.165, 1.54) is 5.01 Å². The maximum atomic E-state index is 5.69. The first kappa shape index (κ1) is 11.0. The third-order valence-electron chi connectivity index (χ3n) is 1.87. The molecule has 0 saturated heterocycles. The SMILES string of the molecule is CCN(CCCl)Cc1nc(C)cs1. The predicted octanol–water partition coefficient (Wildman–Crippen LogP) is 2.51. The average Bonchev–Trinajstić information content (AvgIpc) is 2.50. The molecule has 0 amide bonds. The molecular formula is C9H15ClN2S. The summed E-state index contributed by atoms with van der Waals surface area (Å²) in [6.07, 6.45) is 0. The molecule has 1 aromatic rings. The summed E-state index contributed by atoms with van der Waals surface area (Å²) in [6, 6.07) is 0. The van der Waals surface area contributed by atoms with E-state index in [1.807, 2.05) is 6.92 Å². The van der Waals surface area contributed by atoms with Gasteiger partial charge in [0.05, 0.1) is 6.54 Å². The van der Waals surface area contributed by atoms with Crippen LogP contribution in [0.2, 0.25) is 0 Å². The zero-order valence-electron chi connectivity index (χ0n) is 8.09. The monoisotopic (exact) mass is 218 g/mol. The molecule has 0 saturated carbocycles. The summed E-state index contributed by atoms with van der Waals surface area (Å²) < 4.78 is 0. The fraction of sp³-hybridized carbons (Fsp3) is 0.667. The highest BCUT2D eigenvalue weighted by molar-refractivity contribution is 7.09. The van der Waals surface area contributed by atoms with Crippen molar-refractivity contribution >= 4 is 22.9 Å². The lowest BCUT2D eigenvalue weighted by molar-refractivity contribution is 0.297. The van der Waals surface area contributed by atoms with Gasteiger partial charge < -0.3 is 0 Å². The third-order valence-corrected chi connectivity index (χ3v) is 2.99. The van der Waals surface area contributed by atoms with Gasteiger partial charge in [0.15, 0.2) is 0 Å². The molecule has 0 aliphatic rings. The smallest absolute Gasteiger partial charge is 0.107 e. The molecule has 0 bridgehead atoms. The molecule has 0 aromatic carbocycles. The maximum absolute atomic E-state index is 5.69. The Kier molecular flexibility index (Phi) is 4.70. The van der Waals surface area contributed by atoms with Crippen LogP contribution in [0.5, 0.6) is 0 Å². The number of nitrogens with zero attached hydrogens (tertiary/aromatic N) is 2. The number of alkyl halides is 1. The van der Waals surface area contributed by atoms with Gasteiger partial charge in [-0.1, -0.05) is 6.92 Å². The molecule has 1 heterocycles. The number of hydrogen-bond donors (Lipinski definition) is 0. The third kappa shape index (κ3) is 3.63. The number of aryl methyl sites for hydroxylation is 1. The summed E-state index contributed by atoms with van der Waals surface area (Å²) in [5, 5.41) is 3.27. The van der Waals surface area contributed by atoms with Gasteiger partial charge in [0.2, 0.25) is 0 Å². The largest absolute Gasteiger partial charge is 0.296 e. The normalized spacial score (nSPS) is 11.1. The number of halogens is 1. The minimum absolute atomic E-state index is 0.693. The molecule has 13 heavy (non-hydrogen) atoms. The lowest BCUT2D eigenvalue weighted by Crippen LogP contribution is -2.24. The van der Waals surface area contributed by atoms with Crippen LogP contribution in [0.1, 0.15) is 17.6 Å². The van der Waals surface area contributed by atoms with E-state index < -0.39 is 0 Å². The Morgan fingerprint density at radius 2 is 2.38 bits per heavy atom. The maximum Gasteiger partial charge on any atom is 0.107 e. The van der Waals surface area contributed by atoms with Crippen molar-refractivity contribution in [1.29, 1.82) is 0 Å². The summed E-state index contributed by atoms with van der Waals surface area (Å²) in [7, 11) is 0. The summed E-state index contributed by atoms with van der Waals surface area (Å²) in [5.74, 6) is 0.693. The fourth-order valence-corrected chi connectivity index (χ4v) is 2.19. The topological polar surface area (TPSA) is 16.1 Å². The summed E-state index contributed by atoms with van der Waals surface area (Å²) in [6.45, 7) is 7.08. The van der Waals surface area contributed by atoms with Crippen molar-refractivity contribution in [3.8, 4) is 0 Å². The quantitative estimate of drug-likeness (QED) is 0.707. The van der Waals surface area contributed by atoms with Gasteiger partial charge in [-0.2, -0.15) is 0 Å². The van der Waals surface area contributed by atoms with Crippen molar-refractivity contribution in [2.24, 2.45) is 0 Å². The van der Waals surface area contributed by atoms with Crippen molar-refractivity contribution in [2.45, 2.75) is 20.4 Å². The Morgan fingerprint density at radius 3 is 2.85 bits per heavy atom. The lowest BCUT2D eigenvalue weighted by Gasteiger charge is -2.16. The van der Waals surface area contributed by atoms with Crippen molar-refractivity contribution in [3.05, 3.63) is 16.1 Å². The van der Waals surface area contributed by atoms with Crippen molar-refractivity contribution in [3.63, 3.8) is 0 Å². The van der Waals surface area contributed by atoms with Gasteiger partial charge in [-0.15, -0.1) is 22.9 Å². The van der Waals surface area contributed by atoms with Crippen LogP contribution in [-0.2, 0) is 6.54 Å². The number of hydrogen-bond acceptors (Lipinski definition) is 3. The molecule has 4 heteroatoms. The Bertz CT molecular complexity index is 250. The van der Waals surface area contributed by atoms with E-state index in [0.29, 0.717) is 5.88 Å². The zero-order valence-corrected chi connectivity index (χ0v) is 9.66. The highest BCUT2D eigenvalue weighted by Crippen LogP contribution is 2.11. The number of thiazole rings is 1. The number of rotatable bonds is 5. The van der Waals surface area contributed by atoms with Crippen LogP contribution < -0.4 is 0 Å². The van der Waals surface area contributed by atoms with Crippen LogP contribution in [0.25, 0.3) is 0 Å². The molecule has 0 atom stereocenters. The summed E-state index contributed by atoms with van der Waals surface area (Å²) in [4.78, 5) is 6.71. The highest BCUT2D eigenvalue weighted by atomic mass is 35.5. The molecule has 0 N–H and O–H groups in total. The van der Waals surface area contributed by atoms with Crippen LogP contribution in [0.4, 0.5) is 0 Å². The van der Waals surface area contributed by atoms with Crippen LogP contribution in [0, 0.1) is 6.92 Å². The van der Waals surface area contributed by atoms with Crippen molar-refractivity contribution < 1.29 is 0 Å². The molecule has 0 aliphatic carbocycles. The zero-order chi connectivity index (χ0) is 9.68. The molecule has 74 valence electrons. The number of aromatic nitrogens is 1. The predicted molar refractivity (Wildman–Crippen MR) is 58.5 cm³/mol. The lowest BCUT2D eigenvalue weighted by atomic mass is 10.5. The van der Waals surface area contributed by atoms with E-state index >= 15 is 0 Å². The average molecular weight is 219 g/mol. The Morgan fingerprint density at radius 1 is 1.62 bits per heavy atom. The van der Waals surface area contributed by atoms with Crippen LogP contribution in [0.15, 0.2) is 5.38 Å². The molecule has 1 aromatic heterocycles. The van der Waals surface area contributed by atoms with E-state index in [1.54, 1.807) is 11.3 Å². The van der Waals surface area contributed by atoms with E-state index in [0.717, 1.165) is 25.3 Å². The first-order valence-corrected chi connectivity index (χ1v) is 5.87. The fourth-order valence-electron chi connectivity index (χ4n) is 1.14. The first-order chi connectivity index (χ1) is 6.26. The van der Waals surface area contributed by atoms with Gasteiger partial charge in [0, 0.05) is 23.5 Å². The van der Waals surface area contributed by atoms with Gasteiger partial charge in [-0.3, -0.25) is 4.90 Å². The van der Waals surface area contributed by atoms with Gasteiger partial charge in [-0.25, -0.2) is 4.98 Å². The second kappa shape index (κ2) is 5.58. The summed E-state index contributed by atoms with van der Waals surface area (Å²) >= 11 is 7.41. The Hall–Kier alpha value is -0.120. The highest BCUT2D eigenvalue weighted by Gasteiger charge is 2.05. The van der Waals surface area contributed by atoms with E-state index in [-0.39, 0.29) is 0 Å². The Balaban J connectivity index is 2.46. The van der Waals surface area contributed by atoms with E-state index in [2.05, 4.69) is 22.2 Å². The van der Waals surface area contributed by atoms with Crippen LogP contribution in [0.3, 0.4) is 0 Å². The van der Waals surface area contributed by atoms with Crippen LogP contribution >= 0.6 is 22.9 Å². The molecule has 1 rings (SSSR count). The van der Waals surface area contributed by atoms with Crippen molar-refractivity contribution in [2.75, 3.05) is 19.0 Å². The molecule has 0 radical (unpaired) electrons. The van der Waals surface area contributed by atoms with E-state index in [4.69, 9.17) is 11.6 Å². The van der Waals surface area contributed by atoms with Crippen molar-refractivity contribution in [1.82, 2.24) is 9.88 Å². The second-order valence-corrected chi connectivity index (χ2v) is 4.26. The molecule has 0 spiro atoms. The van der Waals surface area contributed by atoms with Gasteiger partial charge in [-0.05, 0) is 13.5 Å². The molecule has 0 fully saturated rings. The molecule has 0 unspecified atom stereocenters. The van der Waals surface area contributed by atoms with Gasteiger partial charge >= 0.3 is 0 Å². The standard InChI is InChI=1S/C9H15ClN2S/c1-3-12(5-4-10)6-9-11-8(2)7-13-9/h7H,3-6H2,1-2H3. The second-order valence-electron chi connectivity index (χ2n) is 2.94. The minimum atomic E-state index is 0.693. The molecule has 2 nitrogen and oxygen atoms in total. The molecule has 0 aliphatic heterocycles. The van der Waals surface area contributed by atoms with Crippen LogP contribution in [-0.4, -0.2) is 28.9 Å². The van der Waals surface area contributed by atoms with E-state index in [9.17, 15) is 0 Å². The summed E-state index contributed by atoms with van der Waals surface area (Å²) in [5.41, 5.74) is 1.11. The first-order valence-electron chi connectivity index (χ1n) is 4.45. The van der Waals surface area contributed by atoms with Gasteiger partial charge in [0.1, 0.15) is 5.01 Å². The Labute approximate surface area is 88.5 Å².